The molecule has 5 heteroatoms. The van der Waals surface area contributed by atoms with Gasteiger partial charge in [0.25, 0.3) is 0 Å². The minimum Gasteiger partial charge on any atom is -0.353 e. The first kappa shape index (κ1) is 11.9. The van der Waals surface area contributed by atoms with Gasteiger partial charge in [0, 0.05) is 18.4 Å². The number of imidazole rings is 1. The molecule has 17 heavy (non-hydrogen) atoms. The van der Waals surface area contributed by atoms with Gasteiger partial charge in [0.15, 0.2) is 0 Å². The molecule has 1 heterocycles. The van der Waals surface area contributed by atoms with E-state index in [4.69, 9.17) is 11.6 Å². The van der Waals surface area contributed by atoms with Crippen molar-refractivity contribution >= 4 is 17.5 Å². The van der Waals surface area contributed by atoms with Crippen molar-refractivity contribution in [3.8, 4) is 5.69 Å². The van der Waals surface area contributed by atoms with Crippen molar-refractivity contribution < 1.29 is 4.39 Å². The highest BCUT2D eigenvalue weighted by atomic mass is 35.5. The number of halogens is 2. The number of aromatic nitrogens is 2. The third kappa shape index (κ3) is 2.58. The molecular formula is C12H13ClFN3. The zero-order valence-electron chi connectivity index (χ0n) is 9.61. The molecule has 0 aliphatic heterocycles. The zero-order valence-corrected chi connectivity index (χ0v) is 10.4. The second-order valence-electron chi connectivity index (χ2n) is 4.02. The number of benzene rings is 1. The van der Waals surface area contributed by atoms with Crippen molar-refractivity contribution in [3.05, 3.63) is 41.4 Å². The van der Waals surface area contributed by atoms with Crippen LogP contribution in [0, 0.1) is 5.82 Å². The van der Waals surface area contributed by atoms with Crippen LogP contribution < -0.4 is 5.32 Å². The average molecular weight is 254 g/mol. The van der Waals surface area contributed by atoms with Gasteiger partial charge in [-0.3, -0.25) is 4.57 Å². The maximum absolute atomic E-state index is 13.4. The van der Waals surface area contributed by atoms with Crippen LogP contribution in [0.15, 0.2) is 30.6 Å². The van der Waals surface area contributed by atoms with Gasteiger partial charge >= 0.3 is 0 Å². The predicted octanol–water partition coefficient (Wildman–Crippen LogP) is 3.49. The number of nitrogens with zero attached hydrogens (tertiary/aromatic N) is 2. The van der Waals surface area contributed by atoms with Crippen molar-refractivity contribution in [2.75, 3.05) is 5.32 Å². The summed E-state index contributed by atoms with van der Waals surface area (Å²) in [6.45, 7) is 4.03. The summed E-state index contributed by atoms with van der Waals surface area (Å²) in [5.74, 6) is 0.245. The van der Waals surface area contributed by atoms with E-state index in [0.29, 0.717) is 11.6 Å². The Morgan fingerprint density at radius 1 is 1.41 bits per heavy atom. The van der Waals surface area contributed by atoms with Crippen LogP contribution in [0.1, 0.15) is 13.8 Å². The van der Waals surface area contributed by atoms with E-state index in [1.165, 1.54) is 12.1 Å². The summed E-state index contributed by atoms with van der Waals surface area (Å²) in [6, 6.07) is 4.92. The molecule has 2 aromatic rings. The number of anilines is 1. The van der Waals surface area contributed by atoms with Crippen LogP contribution in [-0.4, -0.2) is 15.6 Å². The molecule has 0 atom stereocenters. The first-order chi connectivity index (χ1) is 8.08. The van der Waals surface area contributed by atoms with E-state index in [-0.39, 0.29) is 11.1 Å². The fraction of sp³-hybridized carbons (Fsp3) is 0.250. The van der Waals surface area contributed by atoms with Gasteiger partial charge in [0.1, 0.15) is 5.82 Å². The first-order valence-electron chi connectivity index (χ1n) is 5.33. The van der Waals surface area contributed by atoms with E-state index in [0.717, 1.165) is 0 Å². The number of nitrogens with one attached hydrogen (secondary N) is 1. The normalized spacial score (nSPS) is 10.9. The van der Waals surface area contributed by atoms with Gasteiger partial charge in [-0.15, -0.1) is 0 Å². The van der Waals surface area contributed by atoms with Gasteiger partial charge in [-0.25, -0.2) is 9.37 Å². The van der Waals surface area contributed by atoms with E-state index in [2.05, 4.69) is 10.3 Å². The largest absolute Gasteiger partial charge is 0.353 e. The molecule has 1 aromatic carbocycles. The Morgan fingerprint density at radius 2 is 2.18 bits per heavy atom. The first-order valence-corrected chi connectivity index (χ1v) is 5.71. The number of rotatable bonds is 3. The lowest BCUT2D eigenvalue weighted by atomic mass is 10.3. The van der Waals surface area contributed by atoms with Crippen molar-refractivity contribution in [1.29, 1.82) is 0 Å². The molecule has 0 unspecified atom stereocenters. The summed E-state index contributed by atoms with van der Waals surface area (Å²) in [5.41, 5.74) is 0.688. The Kier molecular flexibility index (Phi) is 3.33. The standard InChI is InChI=1S/C12H13ClFN3/c1-8(2)16-12-15-5-6-17(12)9-3-4-10(13)11(14)7-9/h3-8H,1-2H3,(H,15,16). The van der Waals surface area contributed by atoms with E-state index in [9.17, 15) is 4.39 Å². The quantitative estimate of drug-likeness (QED) is 0.908. The Morgan fingerprint density at radius 3 is 2.82 bits per heavy atom. The van der Waals surface area contributed by atoms with E-state index in [1.54, 1.807) is 23.0 Å². The summed E-state index contributed by atoms with van der Waals surface area (Å²) in [6.07, 6.45) is 3.44. The van der Waals surface area contributed by atoms with Gasteiger partial charge in [0.2, 0.25) is 5.95 Å². The molecule has 0 spiro atoms. The molecule has 0 saturated carbocycles. The van der Waals surface area contributed by atoms with E-state index < -0.39 is 5.82 Å². The monoisotopic (exact) mass is 253 g/mol. The lowest BCUT2D eigenvalue weighted by molar-refractivity contribution is 0.627. The van der Waals surface area contributed by atoms with Gasteiger partial charge < -0.3 is 5.32 Å². The molecule has 0 amide bonds. The van der Waals surface area contributed by atoms with Crippen LogP contribution in [0.5, 0.6) is 0 Å². The maximum Gasteiger partial charge on any atom is 0.207 e. The molecular weight excluding hydrogens is 241 g/mol. The van der Waals surface area contributed by atoms with Crippen LogP contribution in [0.4, 0.5) is 10.3 Å². The summed E-state index contributed by atoms with van der Waals surface area (Å²) in [4.78, 5) is 4.18. The zero-order chi connectivity index (χ0) is 12.4. The third-order valence-electron chi connectivity index (χ3n) is 2.24. The maximum atomic E-state index is 13.4. The Bertz CT molecular complexity index is 522. The predicted molar refractivity (Wildman–Crippen MR) is 67.3 cm³/mol. The molecule has 90 valence electrons. The number of hydrogen-bond donors (Lipinski definition) is 1. The molecule has 1 N–H and O–H groups in total. The Balaban J connectivity index is 2.39. The molecule has 0 fully saturated rings. The summed E-state index contributed by atoms with van der Waals surface area (Å²) >= 11 is 5.65. The smallest absolute Gasteiger partial charge is 0.207 e. The Labute approximate surface area is 104 Å². The minimum atomic E-state index is -0.437. The van der Waals surface area contributed by atoms with Crippen LogP contribution in [0.2, 0.25) is 5.02 Å². The van der Waals surface area contributed by atoms with Crippen LogP contribution in [-0.2, 0) is 0 Å². The Hall–Kier alpha value is -1.55. The van der Waals surface area contributed by atoms with Gasteiger partial charge in [-0.1, -0.05) is 11.6 Å². The number of hydrogen-bond acceptors (Lipinski definition) is 2. The summed E-state index contributed by atoms with van der Waals surface area (Å²) in [7, 11) is 0. The van der Waals surface area contributed by atoms with E-state index in [1.807, 2.05) is 13.8 Å². The molecule has 0 aliphatic rings. The lowest BCUT2D eigenvalue weighted by Crippen LogP contribution is -2.13. The van der Waals surface area contributed by atoms with Crippen molar-refractivity contribution in [2.24, 2.45) is 0 Å². The fourth-order valence-corrected chi connectivity index (χ4v) is 1.63. The second-order valence-corrected chi connectivity index (χ2v) is 4.43. The second kappa shape index (κ2) is 4.75. The van der Waals surface area contributed by atoms with Crippen molar-refractivity contribution in [2.45, 2.75) is 19.9 Å². The van der Waals surface area contributed by atoms with Gasteiger partial charge in [-0.2, -0.15) is 0 Å². The summed E-state index contributed by atoms with van der Waals surface area (Å²) in [5, 5.41) is 3.30. The van der Waals surface area contributed by atoms with Crippen molar-refractivity contribution in [3.63, 3.8) is 0 Å². The van der Waals surface area contributed by atoms with Gasteiger partial charge in [0.05, 0.1) is 10.7 Å². The van der Waals surface area contributed by atoms with Crippen LogP contribution in [0.3, 0.4) is 0 Å². The fourth-order valence-electron chi connectivity index (χ4n) is 1.51. The van der Waals surface area contributed by atoms with Crippen LogP contribution >= 0.6 is 11.6 Å². The highest BCUT2D eigenvalue weighted by Crippen LogP contribution is 2.20. The molecule has 0 saturated heterocycles. The minimum absolute atomic E-state index is 0.118. The molecule has 2 rings (SSSR count). The topological polar surface area (TPSA) is 29.9 Å². The van der Waals surface area contributed by atoms with Crippen LogP contribution in [0.25, 0.3) is 5.69 Å². The third-order valence-corrected chi connectivity index (χ3v) is 2.55. The van der Waals surface area contributed by atoms with E-state index >= 15 is 0 Å². The highest BCUT2D eigenvalue weighted by molar-refractivity contribution is 6.30. The van der Waals surface area contributed by atoms with Crippen molar-refractivity contribution in [1.82, 2.24) is 9.55 Å². The van der Waals surface area contributed by atoms with Gasteiger partial charge in [-0.05, 0) is 32.0 Å². The molecule has 1 aromatic heterocycles. The average Bonchev–Trinajstić information content (AvgIpc) is 2.69. The molecule has 0 aliphatic carbocycles. The molecule has 3 nitrogen and oxygen atoms in total. The molecule has 0 bridgehead atoms. The lowest BCUT2D eigenvalue weighted by Gasteiger charge is -2.12. The SMILES string of the molecule is CC(C)Nc1nccn1-c1ccc(Cl)c(F)c1. The highest BCUT2D eigenvalue weighted by Gasteiger charge is 2.08. The molecule has 0 radical (unpaired) electrons. The summed E-state index contributed by atoms with van der Waals surface area (Å²) < 4.78 is 15.2.